The van der Waals surface area contributed by atoms with Gasteiger partial charge >= 0.3 is 0 Å². The summed E-state index contributed by atoms with van der Waals surface area (Å²) in [5.74, 6) is 0. The van der Waals surface area contributed by atoms with Crippen molar-refractivity contribution >= 4 is 11.6 Å². The van der Waals surface area contributed by atoms with Crippen LogP contribution in [0.3, 0.4) is 0 Å². The highest BCUT2D eigenvalue weighted by atomic mass is 35.5. The molecule has 1 aromatic heterocycles. The fourth-order valence-electron chi connectivity index (χ4n) is 1.89. The molecule has 1 atom stereocenters. The molecule has 0 bridgehead atoms. The minimum absolute atomic E-state index is 0.117. The van der Waals surface area contributed by atoms with Crippen molar-refractivity contribution in [1.29, 1.82) is 0 Å². The van der Waals surface area contributed by atoms with Crippen LogP contribution in [0.25, 0.3) is 0 Å². The Kier molecular flexibility index (Phi) is 4.00. The van der Waals surface area contributed by atoms with Gasteiger partial charge in [0, 0.05) is 29.4 Å². The number of rotatable bonds is 3. The van der Waals surface area contributed by atoms with Gasteiger partial charge < -0.3 is 5.73 Å². The summed E-state index contributed by atoms with van der Waals surface area (Å²) in [4.78, 5) is 4.37. The van der Waals surface area contributed by atoms with Crippen LogP contribution < -0.4 is 5.73 Å². The van der Waals surface area contributed by atoms with Gasteiger partial charge in [0.25, 0.3) is 0 Å². The Morgan fingerprint density at radius 3 is 2.50 bits per heavy atom. The number of halogens is 1. The van der Waals surface area contributed by atoms with Crippen molar-refractivity contribution in [2.24, 2.45) is 5.73 Å². The van der Waals surface area contributed by atoms with Crippen molar-refractivity contribution in [3.8, 4) is 0 Å². The highest BCUT2D eigenvalue weighted by Gasteiger charge is 2.11. The molecule has 2 nitrogen and oxygen atoms in total. The number of nitrogens with two attached hydrogens (primary N) is 1. The van der Waals surface area contributed by atoms with E-state index >= 15 is 0 Å². The molecule has 0 radical (unpaired) electrons. The number of nitrogens with zero attached hydrogens (tertiary/aromatic N) is 1. The second-order valence-corrected chi connectivity index (χ2v) is 5.07. The number of pyridine rings is 1. The van der Waals surface area contributed by atoms with E-state index in [2.05, 4.69) is 4.98 Å². The van der Waals surface area contributed by atoms with Gasteiger partial charge in [0.2, 0.25) is 0 Å². The molecular formula is C15H17ClN2. The van der Waals surface area contributed by atoms with Crippen LogP contribution in [0.5, 0.6) is 0 Å². The van der Waals surface area contributed by atoms with Crippen LogP contribution >= 0.6 is 11.6 Å². The van der Waals surface area contributed by atoms with Gasteiger partial charge in [-0.25, -0.2) is 0 Å². The minimum atomic E-state index is -0.117. The van der Waals surface area contributed by atoms with Crippen molar-refractivity contribution in [1.82, 2.24) is 4.98 Å². The summed E-state index contributed by atoms with van der Waals surface area (Å²) < 4.78 is 0. The topological polar surface area (TPSA) is 38.9 Å². The quantitative estimate of drug-likeness (QED) is 0.916. The van der Waals surface area contributed by atoms with E-state index in [0.29, 0.717) is 6.42 Å². The van der Waals surface area contributed by atoms with Gasteiger partial charge in [-0.3, -0.25) is 4.98 Å². The molecule has 0 aliphatic carbocycles. The molecule has 1 unspecified atom stereocenters. The summed E-state index contributed by atoms with van der Waals surface area (Å²) in [6.07, 6.45) is 2.56. The third kappa shape index (κ3) is 3.09. The molecule has 1 aromatic carbocycles. The van der Waals surface area contributed by atoms with E-state index in [1.807, 2.05) is 50.4 Å². The fourth-order valence-corrected chi connectivity index (χ4v) is 2.26. The Hall–Kier alpha value is -1.38. The molecule has 1 heterocycles. The largest absolute Gasteiger partial charge is 0.324 e. The number of aryl methyl sites for hydroxylation is 2. The van der Waals surface area contributed by atoms with E-state index < -0.39 is 0 Å². The first-order chi connectivity index (χ1) is 8.56. The first-order valence-electron chi connectivity index (χ1n) is 5.99. The van der Waals surface area contributed by atoms with Crippen molar-refractivity contribution in [2.75, 3.05) is 0 Å². The lowest BCUT2D eigenvalue weighted by Gasteiger charge is -2.14. The molecule has 0 saturated heterocycles. The molecule has 0 spiro atoms. The van der Waals surface area contributed by atoms with Gasteiger partial charge in [-0.15, -0.1) is 0 Å². The molecule has 2 rings (SSSR count). The van der Waals surface area contributed by atoms with Crippen LogP contribution in [0.1, 0.15) is 28.4 Å². The molecule has 3 heteroatoms. The summed E-state index contributed by atoms with van der Waals surface area (Å²) in [5.41, 5.74) is 10.5. The van der Waals surface area contributed by atoms with Crippen LogP contribution in [0.4, 0.5) is 0 Å². The number of hydrogen-bond donors (Lipinski definition) is 1. The van der Waals surface area contributed by atoms with E-state index in [9.17, 15) is 0 Å². The van der Waals surface area contributed by atoms with Gasteiger partial charge in [-0.1, -0.05) is 29.8 Å². The Morgan fingerprint density at radius 2 is 1.89 bits per heavy atom. The zero-order valence-corrected chi connectivity index (χ0v) is 11.4. The van der Waals surface area contributed by atoms with E-state index in [0.717, 1.165) is 27.4 Å². The second kappa shape index (κ2) is 5.51. The Labute approximate surface area is 113 Å². The Balaban J connectivity index is 2.16. The smallest absolute Gasteiger partial charge is 0.0456 e. The van der Waals surface area contributed by atoms with E-state index in [-0.39, 0.29) is 6.04 Å². The first-order valence-corrected chi connectivity index (χ1v) is 6.37. The van der Waals surface area contributed by atoms with Crippen molar-refractivity contribution in [3.63, 3.8) is 0 Å². The van der Waals surface area contributed by atoms with Crippen molar-refractivity contribution in [3.05, 3.63) is 63.9 Å². The normalized spacial score (nSPS) is 12.4. The van der Waals surface area contributed by atoms with Crippen LogP contribution in [-0.4, -0.2) is 4.98 Å². The fraction of sp³-hybridized carbons (Fsp3) is 0.267. The summed E-state index contributed by atoms with van der Waals surface area (Å²) in [5, 5.41) is 0.731. The van der Waals surface area contributed by atoms with Crippen LogP contribution in [0, 0.1) is 13.8 Å². The lowest BCUT2D eigenvalue weighted by atomic mass is 10.0. The maximum Gasteiger partial charge on any atom is 0.0456 e. The molecule has 0 saturated carbocycles. The summed E-state index contributed by atoms with van der Waals surface area (Å²) in [6, 6.07) is 9.91. The summed E-state index contributed by atoms with van der Waals surface area (Å²) >= 11 is 6.22. The summed E-state index contributed by atoms with van der Waals surface area (Å²) in [7, 11) is 0. The average molecular weight is 261 g/mol. The number of hydrogen-bond acceptors (Lipinski definition) is 2. The van der Waals surface area contributed by atoms with E-state index in [1.165, 1.54) is 0 Å². The van der Waals surface area contributed by atoms with Gasteiger partial charge in [-0.05, 0) is 42.7 Å². The molecule has 18 heavy (non-hydrogen) atoms. The molecule has 0 aliphatic heterocycles. The molecule has 0 amide bonds. The number of aromatic nitrogens is 1. The summed E-state index contributed by atoms with van der Waals surface area (Å²) in [6.45, 7) is 4.04. The Morgan fingerprint density at radius 1 is 1.17 bits per heavy atom. The van der Waals surface area contributed by atoms with Gasteiger partial charge in [0.05, 0.1) is 0 Å². The van der Waals surface area contributed by atoms with Gasteiger partial charge in [0.1, 0.15) is 0 Å². The van der Waals surface area contributed by atoms with E-state index in [4.69, 9.17) is 17.3 Å². The zero-order chi connectivity index (χ0) is 13.1. The van der Waals surface area contributed by atoms with Crippen molar-refractivity contribution < 1.29 is 0 Å². The van der Waals surface area contributed by atoms with Crippen LogP contribution in [0.15, 0.2) is 36.5 Å². The highest BCUT2D eigenvalue weighted by molar-refractivity contribution is 6.31. The molecule has 0 aliphatic rings. The standard InChI is InChI=1S/C15H17ClN2/c1-10-4-6-13(14(16)7-10)15(17)8-12-5-3-11(2)9-18-12/h3-7,9,15H,8,17H2,1-2H3. The molecule has 94 valence electrons. The predicted molar refractivity (Wildman–Crippen MR) is 75.8 cm³/mol. The highest BCUT2D eigenvalue weighted by Crippen LogP contribution is 2.24. The van der Waals surface area contributed by atoms with Gasteiger partial charge in [0.15, 0.2) is 0 Å². The lowest BCUT2D eigenvalue weighted by molar-refractivity contribution is 0.706. The van der Waals surface area contributed by atoms with E-state index in [1.54, 1.807) is 0 Å². The lowest BCUT2D eigenvalue weighted by Crippen LogP contribution is -2.14. The minimum Gasteiger partial charge on any atom is -0.324 e. The first kappa shape index (κ1) is 13.1. The molecule has 2 aromatic rings. The predicted octanol–water partition coefficient (Wildman–Crippen LogP) is 3.59. The molecule has 0 fully saturated rings. The third-order valence-electron chi connectivity index (χ3n) is 2.96. The van der Waals surface area contributed by atoms with Crippen LogP contribution in [0.2, 0.25) is 5.02 Å². The SMILES string of the molecule is Cc1ccc(CC(N)c2ccc(C)cc2Cl)nc1. The Bertz CT molecular complexity index is 535. The second-order valence-electron chi connectivity index (χ2n) is 4.66. The maximum absolute atomic E-state index is 6.22. The third-order valence-corrected chi connectivity index (χ3v) is 3.28. The zero-order valence-electron chi connectivity index (χ0n) is 10.7. The maximum atomic E-state index is 6.22. The monoisotopic (exact) mass is 260 g/mol. The number of benzene rings is 1. The van der Waals surface area contributed by atoms with Crippen molar-refractivity contribution in [2.45, 2.75) is 26.3 Å². The molecule has 2 N–H and O–H groups in total. The van der Waals surface area contributed by atoms with Gasteiger partial charge in [-0.2, -0.15) is 0 Å². The molecular weight excluding hydrogens is 244 g/mol. The average Bonchev–Trinajstić information content (AvgIpc) is 2.32. The van der Waals surface area contributed by atoms with Crippen LogP contribution in [-0.2, 0) is 6.42 Å².